The monoisotopic (exact) mass is 395 g/mol. The average molecular weight is 396 g/mol. The Bertz CT molecular complexity index is 821. The summed E-state index contributed by atoms with van der Waals surface area (Å²) < 4.78 is 10.9. The Hall–Kier alpha value is -2.44. The number of ether oxygens (including phenoxy) is 2. The SMILES string of the molecule is COc1cccc(CC(=O)N2CCC(N3C[C@H](OC)[C@@H]3c3cccnc3)CC2)c1. The Balaban J connectivity index is 1.33. The zero-order valence-electron chi connectivity index (χ0n) is 17.2. The lowest BCUT2D eigenvalue weighted by molar-refractivity contribution is -0.137. The number of nitrogens with zero attached hydrogens (tertiary/aromatic N) is 3. The van der Waals surface area contributed by atoms with E-state index in [4.69, 9.17) is 9.47 Å². The number of likely N-dealkylation sites (tertiary alicyclic amines) is 2. The highest BCUT2D eigenvalue weighted by atomic mass is 16.5. The molecule has 2 fully saturated rings. The van der Waals surface area contributed by atoms with Gasteiger partial charge in [-0.2, -0.15) is 0 Å². The summed E-state index contributed by atoms with van der Waals surface area (Å²) in [6.07, 6.45) is 6.38. The minimum Gasteiger partial charge on any atom is -0.497 e. The van der Waals surface area contributed by atoms with Gasteiger partial charge in [0.15, 0.2) is 0 Å². The predicted octanol–water partition coefficient (Wildman–Crippen LogP) is 2.70. The zero-order valence-corrected chi connectivity index (χ0v) is 17.2. The summed E-state index contributed by atoms with van der Waals surface area (Å²) >= 11 is 0. The second-order valence-corrected chi connectivity index (χ2v) is 7.84. The zero-order chi connectivity index (χ0) is 20.2. The third-order valence-electron chi connectivity index (χ3n) is 6.20. The summed E-state index contributed by atoms with van der Waals surface area (Å²) in [6, 6.07) is 12.6. The van der Waals surface area contributed by atoms with Crippen LogP contribution in [0, 0.1) is 0 Å². The fourth-order valence-corrected chi connectivity index (χ4v) is 4.55. The molecule has 6 heteroatoms. The summed E-state index contributed by atoms with van der Waals surface area (Å²) in [5.41, 5.74) is 2.21. The number of amides is 1. The lowest BCUT2D eigenvalue weighted by atomic mass is 9.87. The third kappa shape index (κ3) is 4.28. The number of hydrogen-bond donors (Lipinski definition) is 0. The summed E-state index contributed by atoms with van der Waals surface area (Å²) in [4.78, 5) is 21.6. The van der Waals surface area contributed by atoms with Crippen molar-refractivity contribution in [2.24, 2.45) is 0 Å². The van der Waals surface area contributed by atoms with E-state index in [2.05, 4.69) is 16.0 Å². The highest BCUT2D eigenvalue weighted by Crippen LogP contribution is 2.39. The number of rotatable bonds is 6. The first kappa shape index (κ1) is 19.9. The standard InChI is InChI=1S/C23H29N3O3/c1-28-20-7-3-5-17(13-20)14-22(27)25-11-8-19(9-12-25)26-16-21(29-2)23(26)18-6-4-10-24-15-18/h3-7,10,13,15,19,21,23H,8-9,11-12,14,16H2,1-2H3/t21-,23-/m0/s1. The molecule has 1 amide bonds. The molecule has 0 N–H and O–H groups in total. The normalized spacial score (nSPS) is 22.9. The summed E-state index contributed by atoms with van der Waals surface area (Å²) in [6.45, 7) is 2.56. The molecular weight excluding hydrogens is 366 g/mol. The maximum absolute atomic E-state index is 12.8. The Morgan fingerprint density at radius 2 is 2.00 bits per heavy atom. The smallest absolute Gasteiger partial charge is 0.226 e. The minimum atomic E-state index is 0.193. The van der Waals surface area contributed by atoms with Crippen molar-refractivity contribution in [1.82, 2.24) is 14.8 Å². The number of piperidine rings is 1. The lowest BCUT2D eigenvalue weighted by Crippen LogP contribution is -2.60. The Morgan fingerprint density at radius 1 is 1.17 bits per heavy atom. The molecule has 2 aliphatic rings. The van der Waals surface area contributed by atoms with E-state index in [-0.39, 0.29) is 18.1 Å². The van der Waals surface area contributed by atoms with E-state index in [0.29, 0.717) is 12.5 Å². The van der Waals surface area contributed by atoms with E-state index in [1.165, 1.54) is 5.56 Å². The maximum atomic E-state index is 12.8. The van der Waals surface area contributed by atoms with Crippen LogP contribution in [-0.4, -0.2) is 66.7 Å². The van der Waals surface area contributed by atoms with Crippen LogP contribution in [0.5, 0.6) is 5.75 Å². The number of benzene rings is 1. The van der Waals surface area contributed by atoms with Gasteiger partial charge in [0.1, 0.15) is 5.75 Å². The van der Waals surface area contributed by atoms with Crippen molar-refractivity contribution in [3.05, 3.63) is 59.9 Å². The topological polar surface area (TPSA) is 54.9 Å². The van der Waals surface area contributed by atoms with Gasteiger partial charge in [-0.05, 0) is 42.2 Å². The molecule has 0 saturated carbocycles. The Morgan fingerprint density at radius 3 is 2.69 bits per heavy atom. The van der Waals surface area contributed by atoms with Crippen LogP contribution in [0.25, 0.3) is 0 Å². The van der Waals surface area contributed by atoms with Gasteiger partial charge in [-0.25, -0.2) is 0 Å². The van der Waals surface area contributed by atoms with Gasteiger partial charge in [-0.3, -0.25) is 14.7 Å². The second kappa shape index (κ2) is 8.93. The maximum Gasteiger partial charge on any atom is 0.226 e. The van der Waals surface area contributed by atoms with Crippen molar-refractivity contribution in [2.75, 3.05) is 33.9 Å². The van der Waals surface area contributed by atoms with Crippen LogP contribution in [0.2, 0.25) is 0 Å². The van der Waals surface area contributed by atoms with E-state index < -0.39 is 0 Å². The molecule has 154 valence electrons. The van der Waals surface area contributed by atoms with Gasteiger partial charge in [-0.1, -0.05) is 18.2 Å². The first-order chi connectivity index (χ1) is 14.2. The van der Waals surface area contributed by atoms with Crippen LogP contribution in [0.4, 0.5) is 0 Å². The number of pyridine rings is 1. The van der Waals surface area contributed by atoms with Gasteiger partial charge in [0.25, 0.3) is 0 Å². The van der Waals surface area contributed by atoms with Crippen LogP contribution < -0.4 is 4.74 Å². The van der Waals surface area contributed by atoms with E-state index in [0.717, 1.165) is 43.8 Å². The number of hydrogen-bond acceptors (Lipinski definition) is 5. The Kier molecular flexibility index (Phi) is 6.11. The summed E-state index contributed by atoms with van der Waals surface area (Å²) in [5.74, 6) is 0.986. The predicted molar refractivity (Wildman–Crippen MR) is 111 cm³/mol. The number of carbonyl (C=O) groups is 1. The molecule has 6 nitrogen and oxygen atoms in total. The highest BCUT2D eigenvalue weighted by Gasteiger charge is 2.44. The van der Waals surface area contributed by atoms with Crippen LogP contribution in [0.1, 0.15) is 30.0 Å². The fraction of sp³-hybridized carbons (Fsp3) is 0.478. The fourth-order valence-electron chi connectivity index (χ4n) is 4.55. The van der Waals surface area contributed by atoms with E-state index >= 15 is 0 Å². The molecule has 4 rings (SSSR count). The van der Waals surface area contributed by atoms with Gasteiger partial charge in [0.2, 0.25) is 5.91 Å². The first-order valence-corrected chi connectivity index (χ1v) is 10.3. The van der Waals surface area contributed by atoms with Crippen molar-refractivity contribution >= 4 is 5.91 Å². The molecule has 0 unspecified atom stereocenters. The van der Waals surface area contributed by atoms with Crippen LogP contribution in [0.15, 0.2) is 48.8 Å². The van der Waals surface area contributed by atoms with E-state index in [9.17, 15) is 4.79 Å². The van der Waals surface area contributed by atoms with Gasteiger partial charge in [-0.15, -0.1) is 0 Å². The molecule has 0 radical (unpaired) electrons. The van der Waals surface area contributed by atoms with Gasteiger partial charge >= 0.3 is 0 Å². The lowest BCUT2D eigenvalue weighted by Gasteiger charge is -2.53. The molecule has 1 aromatic heterocycles. The van der Waals surface area contributed by atoms with E-state index in [1.54, 1.807) is 20.4 Å². The molecule has 2 saturated heterocycles. The van der Waals surface area contributed by atoms with Crippen molar-refractivity contribution in [3.8, 4) is 5.75 Å². The number of methoxy groups -OCH3 is 2. The number of aromatic nitrogens is 1. The van der Waals surface area contributed by atoms with Crippen molar-refractivity contribution in [2.45, 2.75) is 37.5 Å². The molecule has 1 aromatic carbocycles. The Labute approximate surface area is 172 Å². The molecular formula is C23H29N3O3. The van der Waals surface area contributed by atoms with Crippen LogP contribution in [0.3, 0.4) is 0 Å². The first-order valence-electron chi connectivity index (χ1n) is 10.3. The molecule has 29 heavy (non-hydrogen) atoms. The van der Waals surface area contributed by atoms with Gasteiger partial charge in [0.05, 0.1) is 25.7 Å². The summed E-state index contributed by atoms with van der Waals surface area (Å²) in [5, 5.41) is 0. The van der Waals surface area contributed by atoms with Gasteiger partial charge < -0.3 is 14.4 Å². The molecule has 2 aromatic rings. The minimum absolute atomic E-state index is 0.193. The highest BCUT2D eigenvalue weighted by molar-refractivity contribution is 5.79. The van der Waals surface area contributed by atoms with Gasteiger partial charge in [0, 0.05) is 45.2 Å². The molecule has 0 bridgehead atoms. The molecule has 2 atom stereocenters. The molecule has 2 aliphatic heterocycles. The molecule has 0 aliphatic carbocycles. The summed E-state index contributed by atoms with van der Waals surface area (Å²) in [7, 11) is 3.43. The van der Waals surface area contributed by atoms with Crippen molar-refractivity contribution < 1.29 is 14.3 Å². The van der Waals surface area contributed by atoms with Crippen molar-refractivity contribution in [3.63, 3.8) is 0 Å². The molecule has 3 heterocycles. The largest absolute Gasteiger partial charge is 0.497 e. The molecule has 0 spiro atoms. The van der Waals surface area contributed by atoms with Crippen LogP contribution in [-0.2, 0) is 16.0 Å². The third-order valence-corrected chi connectivity index (χ3v) is 6.20. The quantitative estimate of drug-likeness (QED) is 0.753. The van der Waals surface area contributed by atoms with Crippen LogP contribution >= 0.6 is 0 Å². The van der Waals surface area contributed by atoms with E-state index in [1.807, 2.05) is 41.4 Å². The van der Waals surface area contributed by atoms with Crippen molar-refractivity contribution in [1.29, 1.82) is 0 Å². The second-order valence-electron chi connectivity index (χ2n) is 7.84. The average Bonchev–Trinajstić information content (AvgIpc) is 2.75. The number of carbonyl (C=O) groups excluding carboxylic acids is 1.